The molecule has 12 heteroatoms. The van der Waals surface area contributed by atoms with E-state index < -0.39 is 31.7 Å². The van der Waals surface area contributed by atoms with Crippen LogP contribution in [0.15, 0.2) is 48.5 Å². The van der Waals surface area contributed by atoms with E-state index in [1.807, 2.05) is 24.3 Å². The Labute approximate surface area is 269 Å². The molecule has 0 atom stereocenters. The summed E-state index contributed by atoms with van der Waals surface area (Å²) in [7, 11) is -8.60. The molecule has 4 aliphatic rings. The molecule has 0 heterocycles. The molecule has 6 rings (SSSR count). The molecule has 0 radical (unpaired) electrons. The predicted octanol–water partition coefficient (Wildman–Crippen LogP) is -2.67. The number of benzene rings is 2. The van der Waals surface area contributed by atoms with E-state index in [1.165, 1.54) is 17.5 Å². The molecule has 0 amide bonds. The van der Waals surface area contributed by atoms with Crippen LogP contribution in [0.3, 0.4) is 0 Å². The molecule has 0 aromatic heterocycles. The van der Waals surface area contributed by atoms with Gasteiger partial charge in [0.05, 0.1) is 31.7 Å². The smallest absolute Gasteiger partial charge is 0.748 e. The van der Waals surface area contributed by atoms with Crippen LogP contribution < -0.4 is 68.6 Å². The van der Waals surface area contributed by atoms with Crippen LogP contribution in [0, 0.1) is 11.8 Å². The van der Waals surface area contributed by atoms with Gasteiger partial charge in [0.25, 0.3) is 0 Å². The number of rotatable bonds is 10. The average molecular weight is 581 g/mol. The Kier molecular flexibility index (Phi) is 10.6. The standard InChI is InChI=1S/C26H32O8S2.2Na/c27-35(28,29)11-9-33-23-5-1-21(2-6-23)25-14-19-13-20(15-25)17-26(16-19,18-25)22-3-7-24(8-4-22)34-10-12-36(30,31)32;;/h1-8,19-20H,9-18H2,(H,27,28,29)(H,30,31,32);;/q;2*+1/p-2. The molecule has 4 saturated carbocycles. The summed E-state index contributed by atoms with van der Waals surface area (Å²) in [6, 6.07) is 15.8. The molecule has 0 aliphatic heterocycles. The molecular formula is C26H30Na2O8S2. The number of hydrogen-bond acceptors (Lipinski definition) is 8. The van der Waals surface area contributed by atoms with E-state index in [0.717, 1.165) is 32.1 Å². The zero-order valence-electron chi connectivity index (χ0n) is 21.9. The zero-order valence-corrected chi connectivity index (χ0v) is 27.6. The Bertz CT molecular complexity index is 1200. The normalized spacial score (nSPS) is 27.7. The molecule has 2 aromatic rings. The SMILES string of the molecule is O=S(=O)([O-])CCOc1ccc(C23CC4CC(C2)CC(c2ccc(OCCS(=O)(=O)[O-])cc2)(C4)C3)cc1.[Na+].[Na+]. The molecule has 4 bridgehead atoms. The molecule has 0 unspecified atom stereocenters. The fourth-order valence-electron chi connectivity index (χ4n) is 7.27. The van der Waals surface area contributed by atoms with Crippen LogP contribution in [0.1, 0.15) is 49.7 Å². The van der Waals surface area contributed by atoms with E-state index in [4.69, 9.17) is 9.47 Å². The van der Waals surface area contributed by atoms with Gasteiger partial charge >= 0.3 is 59.1 Å². The van der Waals surface area contributed by atoms with E-state index in [-0.39, 0.29) is 83.2 Å². The Morgan fingerprint density at radius 1 is 0.658 bits per heavy atom. The first-order valence-corrected chi connectivity index (χ1v) is 15.4. The number of hydrogen-bond donors (Lipinski definition) is 0. The Hall–Kier alpha value is -0.140. The van der Waals surface area contributed by atoms with Gasteiger partial charge in [-0.3, -0.25) is 0 Å². The molecule has 8 nitrogen and oxygen atoms in total. The van der Waals surface area contributed by atoms with Gasteiger partial charge in [-0.2, -0.15) is 0 Å². The van der Waals surface area contributed by atoms with Crippen molar-refractivity contribution in [3.63, 3.8) is 0 Å². The molecule has 4 fully saturated rings. The molecule has 4 aliphatic carbocycles. The first-order chi connectivity index (χ1) is 16.9. The average Bonchev–Trinajstić information content (AvgIpc) is 2.77. The third kappa shape index (κ3) is 7.57. The number of ether oxygens (including phenoxy) is 2. The molecular weight excluding hydrogens is 550 g/mol. The second-order valence-corrected chi connectivity index (χ2v) is 13.8. The molecule has 0 saturated heterocycles. The summed E-state index contributed by atoms with van der Waals surface area (Å²) in [5.74, 6) is 1.33. The summed E-state index contributed by atoms with van der Waals surface area (Å²) in [6.45, 7) is -0.314. The predicted molar refractivity (Wildman–Crippen MR) is 131 cm³/mol. The summed E-state index contributed by atoms with van der Waals surface area (Å²) in [6.07, 6.45) is 6.94. The van der Waals surface area contributed by atoms with Crippen LogP contribution in [0.25, 0.3) is 0 Å². The van der Waals surface area contributed by atoms with Crippen molar-refractivity contribution >= 4 is 20.2 Å². The monoisotopic (exact) mass is 580 g/mol. The van der Waals surface area contributed by atoms with Crippen LogP contribution in [0.2, 0.25) is 0 Å². The van der Waals surface area contributed by atoms with Crippen molar-refractivity contribution in [2.45, 2.75) is 49.4 Å². The summed E-state index contributed by atoms with van der Waals surface area (Å²) in [5.41, 5.74) is 2.73. The first-order valence-electron chi connectivity index (χ1n) is 12.3. The maximum atomic E-state index is 10.8. The third-order valence-electron chi connectivity index (χ3n) is 8.20. The van der Waals surface area contributed by atoms with Crippen LogP contribution >= 0.6 is 0 Å². The van der Waals surface area contributed by atoms with Crippen molar-refractivity contribution in [2.24, 2.45) is 11.8 Å². The van der Waals surface area contributed by atoms with Crippen molar-refractivity contribution in [3.05, 3.63) is 59.7 Å². The second-order valence-electron chi connectivity index (χ2n) is 10.8. The first kappa shape index (κ1) is 32.4. The summed E-state index contributed by atoms with van der Waals surface area (Å²) in [4.78, 5) is 0. The van der Waals surface area contributed by atoms with Gasteiger partial charge in [0.1, 0.15) is 24.7 Å². The van der Waals surface area contributed by atoms with Crippen molar-refractivity contribution in [2.75, 3.05) is 24.7 Å². The van der Waals surface area contributed by atoms with Crippen LogP contribution in [-0.2, 0) is 31.1 Å². The zero-order chi connectivity index (χ0) is 25.6. The quantitative estimate of drug-likeness (QED) is 0.220. The van der Waals surface area contributed by atoms with Crippen LogP contribution in [0.5, 0.6) is 11.5 Å². The van der Waals surface area contributed by atoms with Crippen molar-refractivity contribution in [1.82, 2.24) is 0 Å². The molecule has 0 N–H and O–H groups in total. The van der Waals surface area contributed by atoms with Gasteiger partial charge in [-0.25, -0.2) is 16.8 Å². The van der Waals surface area contributed by atoms with Gasteiger partial charge in [0.15, 0.2) is 0 Å². The summed E-state index contributed by atoms with van der Waals surface area (Å²) < 4.78 is 75.8. The second kappa shape index (κ2) is 12.4. The van der Waals surface area contributed by atoms with Crippen LogP contribution in [0.4, 0.5) is 0 Å². The van der Waals surface area contributed by atoms with Gasteiger partial charge in [-0.1, -0.05) is 24.3 Å². The minimum atomic E-state index is -4.30. The largest absolute Gasteiger partial charge is 1.00 e. The Morgan fingerprint density at radius 3 is 1.32 bits per heavy atom. The van der Waals surface area contributed by atoms with E-state index >= 15 is 0 Å². The topological polar surface area (TPSA) is 133 Å². The fourth-order valence-corrected chi connectivity index (χ4v) is 7.85. The van der Waals surface area contributed by atoms with E-state index in [9.17, 15) is 25.9 Å². The minimum Gasteiger partial charge on any atom is -0.748 e. The fraction of sp³-hybridized carbons (Fsp3) is 0.538. The summed E-state index contributed by atoms with van der Waals surface area (Å²) in [5, 5.41) is 0. The molecule has 196 valence electrons. The maximum absolute atomic E-state index is 10.8. The minimum absolute atomic E-state index is 0. The van der Waals surface area contributed by atoms with Gasteiger partial charge in [0, 0.05) is 0 Å². The van der Waals surface area contributed by atoms with Gasteiger partial charge in [0.2, 0.25) is 0 Å². The van der Waals surface area contributed by atoms with E-state index in [0.29, 0.717) is 23.3 Å². The van der Waals surface area contributed by atoms with E-state index in [2.05, 4.69) is 24.3 Å². The third-order valence-corrected chi connectivity index (χ3v) is 9.53. The van der Waals surface area contributed by atoms with Gasteiger partial charge < -0.3 is 18.6 Å². The van der Waals surface area contributed by atoms with Crippen LogP contribution in [-0.4, -0.2) is 50.7 Å². The Morgan fingerprint density at radius 2 is 1.00 bits per heavy atom. The molecule has 2 aromatic carbocycles. The molecule has 0 spiro atoms. The molecule has 38 heavy (non-hydrogen) atoms. The van der Waals surface area contributed by atoms with Crippen molar-refractivity contribution < 1.29 is 94.5 Å². The van der Waals surface area contributed by atoms with Crippen molar-refractivity contribution in [1.29, 1.82) is 0 Å². The van der Waals surface area contributed by atoms with Gasteiger partial charge in [-0.15, -0.1) is 0 Å². The van der Waals surface area contributed by atoms with Gasteiger partial charge in [-0.05, 0) is 96.6 Å². The summed E-state index contributed by atoms with van der Waals surface area (Å²) >= 11 is 0. The maximum Gasteiger partial charge on any atom is 1.00 e. The van der Waals surface area contributed by atoms with E-state index in [1.54, 1.807) is 0 Å². The van der Waals surface area contributed by atoms with Crippen molar-refractivity contribution in [3.8, 4) is 11.5 Å². The Balaban J connectivity index is 0.00000200.